The number of epoxide rings is 1. The Morgan fingerprint density at radius 2 is 1.76 bits per heavy atom. The SMILES string of the molecule is COC1(OC)CC[C@H]2[C@@H]3C(=O)C=C4C5OC5CC[C@]4(C)[C@@H]3CC[C@@]21C. The van der Waals surface area contributed by atoms with Crippen LogP contribution in [-0.2, 0) is 19.0 Å². The van der Waals surface area contributed by atoms with Gasteiger partial charge in [0.1, 0.15) is 6.10 Å². The summed E-state index contributed by atoms with van der Waals surface area (Å²) in [5.41, 5.74) is 1.37. The maximum absolute atomic E-state index is 13.2. The number of ether oxygens (including phenoxy) is 3. The zero-order valence-electron chi connectivity index (χ0n) is 15.8. The summed E-state index contributed by atoms with van der Waals surface area (Å²) in [7, 11) is 3.52. The van der Waals surface area contributed by atoms with Crippen molar-refractivity contribution in [3.8, 4) is 0 Å². The van der Waals surface area contributed by atoms with Crippen LogP contribution in [0.2, 0.25) is 0 Å². The van der Waals surface area contributed by atoms with Gasteiger partial charge in [0.05, 0.1) is 6.10 Å². The summed E-state index contributed by atoms with van der Waals surface area (Å²) in [6, 6.07) is 0. The molecule has 0 radical (unpaired) electrons. The zero-order valence-corrected chi connectivity index (χ0v) is 15.8. The molecule has 0 aromatic heterocycles. The Hall–Kier alpha value is -0.710. The van der Waals surface area contributed by atoms with Crippen molar-refractivity contribution >= 4 is 5.78 Å². The number of carbonyl (C=O) groups excluding carboxylic acids is 1. The first-order valence-electron chi connectivity index (χ1n) is 9.92. The van der Waals surface area contributed by atoms with Gasteiger partial charge in [-0.2, -0.15) is 0 Å². The Kier molecular flexibility index (Phi) is 3.27. The van der Waals surface area contributed by atoms with E-state index in [1.165, 1.54) is 5.57 Å². The predicted octanol–water partition coefficient (Wildman–Crippen LogP) is 3.49. The Bertz CT molecular complexity index is 650. The van der Waals surface area contributed by atoms with Crippen LogP contribution in [0, 0.1) is 28.6 Å². The molecule has 4 fully saturated rings. The molecule has 5 aliphatic rings. The van der Waals surface area contributed by atoms with Crippen LogP contribution in [0.15, 0.2) is 11.6 Å². The predicted molar refractivity (Wildman–Crippen MR) is 92.9 cm³/mol. The van der Waals surface area contributed by atoms with E-state index < -0.39 is 5.79 Å². The highest BCUT2D eigenvalue weighted by Crippen LogP contribution is 2.68. The van der Waals surface area contributed by atoms with Crippen molar-refractivity contribution in [3.63, 3.8) is 0 Å². The lowest BCUT2D eigenvalue weighted by Crippen LogP contribution is -2.57. The summed E-state index contributed by atoms with van der Waals surface area (Å²) >= 11 is 0. The van der Waals surface area contributed by atoms with Gasteiger partial charge in [-0.25, -0.2) is 0 Å². The summed E-state index contributed by atoms with van der Waals surface area (Å²) in [5.74, 6) is 0.729. The first-order chi connectivity index (χ1) is 11.9. The minimum absolute atomic E-state index is 0.0810. The number of methoxy groups -OCH3 is 2. The summed E-state index contributed by atoms with van der Waals surface area (Å²) in [6.07, 6.45) is 8.99. The molecule has 25 heavy (non-hydrogen) atoms. The first kappa shape index (κ1) is 16.5. The van der Waals surface area contributed by atoms with Gasteiger partial charge in [0, 0.05) is 32.0 Å². The number of fused-ring (bicyclic) bond motifs is 7. The van der Waals surface area contributed by atoms with Crippen molar-refractivity contribution in [2.24, 2.45) is 28.6 Å². The number of carbonyl (C=O) groups is 1. The van der Waals surface area contributed by atoms with Crippen LogP contribution >= 0.6 is 0 Å². The standard InChI is InChI=1S/C21H30O4/c1-19-8-7-16-18(25-16)14(19)11-15(22)17-12(19)5-9-20(2)13(17)6-10-21(20,23-3)24-4/h11-13,16-18H,5-10H2,1-4H3/t12-,13+,16?,17-,18?,19-,20+/m1/s1. The molecule has 2 unspecified atom stereocenters. The fourth-order valence-electron chi connectivity index (χ4n) is 7.41. The molecule has 1 aliphatic heterocycles. The van der Waals surface area contributed by atoms with Gasteiger partial charge in [0.15, 0.2) is 11.6 Å². The van der Waals surface area contributed by atoms with Crippen LogP contribution in [0.25, 0.3) is 0 Å². The first-order valence-corrected chi connectivity index (χ1v) is 9.92. The van der Waals surface area contributed by atoms with E-state index in [1.807, 2.05) is 6.08 Å². The summed E-state index contributed by atoms with van der Waals surface area (Å²) < 4.78 is 17.7. The Balaban J connectivity index is 1.57. The van der Waals surface area contributed by atoms with Gasteiger partial charge in [-0.05, 0) is 61.0 Å². The fourth-order valence-corrected chi connectivity index (χ4v) is 7.41. The Labute approximate surface area is 150 Å². The highest BCUT2D eigenvalue weighted by Gasteiger charge is 2.68. The van der Waals surface area contributed by atoms with E-state index in [9.17, 15) is 4.79 Å². The van der Waals surface area contributed by atoms with E-state index in [-0.39, 0.29) is 22.9 Å². The topological polar surface area (TPSA) is 48.1 Å². The van der Waals surface area contributed by atoms with Crippen LogP contribution in [-0.4, -0.2) is 38.0 Å². The Morgan fingerprint density at radius 3 is 2.48 bits per heavy atom. The molecular formula is C21H30O4. The number of hydrogen-bond acceptors (Lipinski definition) is 4. The number of hydrogen-bond donors (Lipinski definition) is 0. The molecule has 1 saturated heterocycles. The molecule has 1 heterocycles. The van der Waals surface area contributed by atoms with Crippen LogP contribution in [0.3, 0.4) is 0 Å². The molecule has 7 atom stereocenters. The van der Waals surface area contributed by atoms with E-state index in [0.29, 0.717) is 23.7 Å². The lowest BCUT2D eigenvalue weighted by atomic mass is 9.47. The van der Waals surface area contributed by atoms with E-state index in [0.717, 1.165) is 38.5 Å². The van der Waals surface area contributed by atoms with Crippen LogP contribution in [0.5, 0.6) is 0 Å². The highest BCUT2D eigenvalue weighted by molar-refractivity contribution is 5.95. The molecule has 5 rings (SSSR count). The number of ketones is 1. The maximum atomic E-state index is 13.2. The number of rotatable bonds is 2. The molecule has 4 heteroatoms. The normalized spacial score (nSPS) is 52.6. The molecule has 0 aromatic rings. The van der Waals surface area contributed by atoms with Crippen molar-refractivity contribution in [3.05, 3.63) is 11.6 Å². The molecule has 0 spiro atoms. The number of allylic oxidation sites excluding steroid dienone is 1. The molecule has 0 aromatic carbocycles. The second-order valence-corrected chi connectivity index (χ2v) is 9.45. The van der Waals surface area contributed by atoms with E-state index in [1.54, 1.807) is 14.2 Å². The molecule has 3 saturated carbocycles. The van der Waals surface area contributed by atoms with Crippen molar-refractivity contribution in [2.75, 3.05) is 14.2 Å². The minimum Gasteiger partial charge on any atom is -0.365 e. The third-order valence-electron chi connectivity index (χ3n) is 8.92. The molecular weight excluding hydrogens is 316 g/mol. The molecule has 4 nitrogen and oxygen atoms in total. The summed E-state index contributed by atoms with van der Waals surface area (Å²) in [6.45, 7) is 4.70. The zero-order chi connectivity index (χ0) is 17.6. The molecule has 0 N–H and O–H groups in total. The second kappa shape index (κ2) is 4.96. The van der Waals surface area contributed by atoms with Gasteiger partial charge < -0.3 is 14.2 Å². The molecule has 0 amide bonds. The average Bonchev–Trinajstić information content (AvgIpc) is 3.32. The smallest absolute Gasteiger partial charge is 0.173 e. The Morgan fingerprint density at radius 1 is 1.04 bits per heavy atom. The largest absolute Gasteiger partial charge is 0.365 e. The van der Waals surface area contributed by atoms with E-state index in [4.69, 9.17) is 14.2 Å². The molecule has 138 valence electrons. The summed E-state index contributed by atoms with van der Waals surface area (Å²) in [5, 5.41) is 0. The third-order valence-corrected chi connectivity index (χ3v) is 8.92. The van der Waals surface area contributed by atoms with Crippen LogP contribution < -0.4 is 0 Å². The fraction of sp³-hybridized carbons (Fsp3) is 0.857. The van der Waals surface area contributed by atoms with E-state index >= 15 is 0 Å². The van der Waals surface area contributed by atoms with Crippen molar-refractivity contribution in [1.82, 2.24) is 0 Å². The maximum Gasteiger partial charge on any atom is 0.173 e. The van der Waals surface area contributed by atoms with Gasteiger partial charge >= 0.3 is 0 Å². The highest BCUT2D eigenvalue weighted by atomic mass is 16.7. The van der Waals surface area contributed by atoms with Gasteiger partial charge in [0.2, 0.25) is 0 Å². The van der Waals surface area contributed by atoms with Gasteiger partial charge in [0.25, 0.3) is 0 Å². The van der Waals surface area contributed by atoms with Crippen LogP contribution in [0.1, 0.15) is 52.4 Å². The van der Waals surface area contributed by atoms with Crippen molar-refractivity contribution in [1.29, 1.82) is 0 Å². The van der Waals surface area contributed by atoms with Gasteiger partial charge in [-0.1, -0.05) is 13.8 Å². The lowest BCUT2D eigenvalue weighted by molar-refractivity contribution is -0.276. The summed E-state index contributed by atoms with van der Waals surface area (Å²) in [4.78, 5) is 13.2. The molecule has 4 aliphatic carbocycles. The van der Waals surface area contributed by atoms with Gasteiger partial charge in [-0.15, -0.1) is 0 Å². The van der Waals surface area contributed by atoms with Gasteiger partial charge in [-0.3, -0.25) is 4.79 Å². The van der Waals surface area contributed by atoms with Crippen LogP contribution in [0.4, 0.5) is 0 Å². The van der Waals surface area contributed by atoms with Crippen molar-refractivity contribution < 1.29 is 19.0 Å². The quantitative estimate of drug-likeness (QED) is 0.567. The second-order valence-electron chi connectivity index (χ2n) is 9.45. The monoisotopic (exact) mass is 346 g/mol. The third kappa shape index (κ3) is 1.81. The lowest BCUT2D eigenvalue weighted by Gasteiger charge is -2.57. The minimum atomic E-state index is -0.537. The van der Waals surface area contributed by atoms with E-state index in [2.05, 4.69) is 13.8 Å². The average molecular weight is 346 g/mol. The van der Waals surface area contributed by atoms with Crippen molar-refractivity contribution in [2.45, 2.75) is 70.4 Å². The molecule has 0 bridgehead atoms.